The van der Waals surface area contributed by atoms with E-state index in [1.54, 1.807) is 6.07 Å². The van der Waals surface area contributed by atoms with Crippen LogP contribution in [-0.4, -0.2) is 47.3 Å². The van der Waals surface area contributed by atoms with E-state index in [0.29, 0.717) is 43.9 Å². The van der Waals surface area contributed by atoms with Gasteiger partial charge in [-0.2, -0.15) is 13.2 Å². The molecule has 1 aliphatic heterocycles. The Bertz CT molecular complexity index is 1290. The Morgan fingerprint density at radius 1 is 1.17 bits per heavy atom. The highest BCUT2D eigenvalue weighted by molar-refractivity contribution is 5.99. The van der Waals surface area contributed by atoms with E-state index in [0.717, 1.165) is 24.3 Å². The van der Waals surface area contributed by atoms with Crippen LogP contribution in [0.5, 0.6) is 5.75 Å². The van der Waals surface area contributed by atoms with Crippen molar-refractivity contribution in [3.63, 3.8) is 0 Å². The number of carbonyl (C=O) groups excluding carboxylic acids is 1. The maximum atomic E-state index is 14.2. The van der Waals surface area contributed by atoms with Gasteiger partial charge in [0.15, 0.2) is 0 Å². The Labute approximate surface area is 203 Å². The second kappa shape index (κ2) is 10.2. The maximum Gasteiger partial charge on any atom is 0.419 e. The van der Waals surface area contributed by atoms with Gasteiger partial charge >= 0.3 is 6.18 Å². The number of carbonyl (C=O) groups is 1. The fourth-order valence-corrected chi connectivity index (χ4v) is 3.61. The van der Waals surface area contributed by atoms with Crippen LogP contribution in [-0.2, 0) is 15.7 Å². The van der Waals surface area contributed by atoms with Crippen molar-refractivity contribution in [2.75, 3.05) is 41.8 Å². The number of rotatable bonds is 6. The van der Waals surface area contributed by atoms with Crippen LogP contribution in [0, 0.1) is 5.82 Å². The highest BCUT2D eigenvalue weighted by Gasteiger charge is 2.35. The molecule has 1 fully saturated rings. The largest absolute Gasteiger partial charge is 0.506 e. The Morgan fingerprint density at radius 2 is 1.92 bits per heavy atom. The first-order chi connectivity index (χ1) is 17.2. The Balaban J connectivity index is 1.71. The number of halogens is 4. The molecule has 0 bridgehead atoms. The molecule has 1 aromatic heterocycles. The number of aromatic nitrogens is 2. The number of ether oxygens (including phenoxy) is 1. The fourth-order valence-electron chi connectivity index (χ4n) is 3.61. The van der Waals surface area contributed by atoms with Crippen molar-refractivity contribution in [3.8, 4) is 17.0 Å². The topological polar surface area (TPSA) is 99.6 Å². The third-order valence-electron chi connectivity index (χ3n) is 5.36. The molecule has 0 aliphatic carbocycles. The highest BCUT2D eigenvalue weighted by Crippen LogP contribution is 2.38. The smallest absolute Gasteiger partial charge is 0.419 e. The van der Waals surface area contributed by atoms with Crippen molar-refractivity contribution in [2.24, 2.45) is 0 Å². The van der Waals surface area contributed by atoms with Gasteiger partial charge in [0.1, 0.15) is 17.1 Å². The number of alkyl halides is 3. The minimum Gasteiger partial charge on any atom is -0.506 e. The molecule has 1 saturated heterocycles. The maximum absolute atomic E-state index is 14.2. The zero-order valence-corrected chi connectivity index (χ0v) is 18.8. The predicted octanol–water partition coefficient (Wildman–Crippen LogP) is 4.71. The van der Waals surface area contributed by atoms with Crippen molar-refractivity contribution in [1.29, 1.82) is 0 Å². The molecular weight excluding hydrogens is 482 g/mol. The quantitative estimate of drug-likeness (QED) is 0.255. The number of benzene rings is 2. The monoisotopic (exact) mass is 503 g/mol. The van der Waals surface area contributed by atoms with Crippen LogP contribution in [0.2, 0.25) is 0 Å². The minimum absolute atomic E-state index is 0.0388. The summed E-state index contributed by atoms with van der Waals surface area (Å²) in [5, 5.41) is 15.3. The molecule has 2 aromatic carbocycles. The lowest BCUT2D eigenvalue weighted by Crippen LogP contribution is -2.36. The average molecular weight is 503 g/mol. The van der Waals surface area contributed by atoms with Gasteiger partial charge in [0, 0.05) is 30.5 Å². The first-order valence-corrected chi connectivity index (χ1v) is 10.8. The molecule has 3 aromatic rings. The number of nitrogens with zero attached hydrogens (tertiary/aromatic N) is 3. The molecule has 0 unspecified atom stereocenters. The van der Waals surface area contributed by atoms with Gasteiger partial charge in [-0.25, -0.2) is 14.4 Å². The Kier molecular flexibility index (Phi) is 7.06. The Morgan fingerprint density at radius 3 is 2.61 bits per heavy atom. The van der Waals surface area contributed by atoms with Crippen LogP contribution in [0.1, 0.15) is 5.56 Å². The van der Waals surface area contributed by atoms with Crippen LogP contribution >= 0.6 is 0 Å². The molecule has 3 N–H and O–H groups in total. The molecule has 2 heterocycles. The zero-order chi connectivity index (χ0) is 25.9. The van der Waals surface area contributed by atoms with Gasteiger partial charge in [-0.3, -0.25) is 4.79 Å². The number of anilines is 4. The van der Waals surface area contributed by atoms with E-state index >= 15 is 0 Å². The van der Waals surface area contributed by atoms with Gasteiger partial charge in [0.05, 0.1) is 30.3 Å². The van der Waals surface area contributed by atoms with Crippen molar-refractivity contribution in [1.82, 2.24) is 9.97 Å². The predicted molar refractivity (Wildman–Crippen MR) is 126 cm³/mol. The number of hydrogen-bond acceptors (Lipinski definition) is 7. The Hall–Kier alpha value is -4.19. The molecule has 0 spiro atoms. The SMILES string of the molecule is C=CC(=O)Nc1cc(-c2nc(Nc3ccc(O)c(N4CCOCC4)c3)ncc2C(F)(F)F)ccc1F. The van der Waals surface area contributed by atoms with Crippen molar-refractivity contribution in [3.05, 3.63) is 66.6 Å². The number of nitrogens with one attached hydrogen (secondary N) is 2. The number of aromatic hydroxyl groups is 1. The van der Waals surface area contributed by atoms with Crippen LogP contribution in [0.15, 0.2) is 55.3 Å². The van der Waals surface area contributed by atoms with Crippen molar-refractivity contribution in [2.45, 2.75) is 6.18 Å². The molecule has 188 valence electrons. The van der Waals surface area contributed by atoms with Gasteiger partial charge in [0.2, 0.25) is 11.9 Å². The second-order valence-electron chi connectivity index (χ2n) is 7.77. The van der Waals surface area contributed by atoms with Crippen molar-refractivity contribution >= 4 is 28.9 Å². The van der Waals surface area contributed by atoms with E-state index in [4.69, 9.17) is 4.74 Å². The van der Waals surface area contributed by atoms with Gasteiger partial charge in [-0.05, 0) is 42.5 Å². The molecule has 0 saturated carbocycles. The lowest BCUT2D eigenvalue weighted by atomic mass is 10.1. The summed E-state index contributed by atoms with van der Waals surface area (Å²) in [6, 6.07) is 7.71. The summed E-state index contributed by atoms with van der Waals surface area (Å²) in [6.45, 7) is 5.39. The molecule has 36 heavy (non-hydrogen) atoms. The second-order valence-corrected chi connectivity index (χ2v) is 7.77. The van der Waals surface area contributed by atoms with Crippen LogP contribution < -0.4 is 15.5 Å². The summed E-state index contributed by atoms with van der Waals surface area (Å²) in [7, 11) is 0. The number of hydrogen-bond donors (Lipinski definition) is 3. The first-order valence-electron chi connectivity index (χ1n) is 10.8. The van der Waals surface area contributed by atoms with Crippen LogP contribution in [0.25, 0.3) is 11.3 Å². The molecular formula is C24H21F4N5O3. The first kappa shape index (κ1) is 24.9. The third kappa shape index (κ3) is 5.54. The van der Waals surface area contributed by atoms with E-state index in [1.807, 2.05) is 4.90 Å². The standard InChI is InChI=1S/C24H21F4N5O3/c1-2-21(35)31-18-11-14(3-5-17(18)25)22-16(24(26,27)28)13-29-23(32-22)30-15-4-6-20(34)19(12-15)33-7-9-36-10-8-33/h2-6,11-13,34H,1,7-10H2,(H,31,35)(H,29,30,32). The third-order valence-corrected chi connectivity index (χ3v) is 5.36. The normalized spacial score (nSPS) is 13.8. The van der Waals surface area contributed by atoms with E-state index in [-0.39, 0.29) is 22.9 Å². The average Bonchev–Trinajstić information content (AvgIpc) is 2.86. The van der Waals surface area contributed by atoms with Gasteiger partial charge in [0.25, 0.3) is 0 Å². The summed E-state index contributed by atoms with van der Waals surface area (Å²) in [4.78, 5) is 21.4. The van der Waals surface area contributed by atoms with Gasteiger partial charge in [-0.15, -0.1) is 0 Å². The summed E-state index contributed by atoms with van der Waals surface area (Å²) >= 11 is 0. The molecule has 0 radical (unpaired) electrons. The van der Waals surface area contributed by atoms with E-state index in [1.165, 1.54) is 12.1 Å². The van der Waals surface area contributed by atoms with Crippen LogP contribution in [0.3, 0.4) is 0 Å². The van der Waals surface area contributed by atoms with E-state index in [9.17, 15) is 27.5 Å². The number of morpholine rings is 1. The molecule has 4 rings (SSSR count). The molecule has 0 atom stereocenters. The number of phenolic OH excluding ortho intramolecular Hbond substituents is 1. The summed E-state index contributed by atoms with van der Waals surface area (Å²) in [5.74, 6) is -1.68. The summed E-state index contributed by atoms with van der Waals surface area (Å²) in [6.07, 6.45) is -3.27. The summed E-state index contributed by atoms with van der Waals surface area (Å²) in [5.41, 5.74) is -1.11. The molecule has 1 aliphatic rings. The molecule has 8 nitrogen and oxygen atoms in total. The van der Waals surface area contributed by atoms with E-state index < -0.39 is 29.2 Å². The molecule has 12 heteroatoms. The highest BCUT2D eigenvalue weighted by atomic mass is 19.4. The van der Waals surface area contributed by atoms with E-state index in [2.05, 4.69) is 27.2 Å². The molecule has 1 amide bonds. The van der Waals surface area contributed by atoms with Gasteiger partial charge < -0.3 is 25.4 Å². The minimum atomic E-state index is -4.80. The fraction of sp³-hybridized carbons (Fsp3) is 0.208. The lowest BCUT2D eigenvalue weighted by Gasteiger charge is -2.29. The van der Waals surface area contributed by atoms with Gasteiger partial charge in [-0.1, -0.05) is 6.58 Å². The number of phenols is 1. The number of amides is 1. The van der Waals surface area contributed by atoms with Crippen molar-refractivity contribution < 1.29 is 32.2 Å². The summed E-state index contributed by atoms with van der Waals surface area (Å²) < 4.78 is 60.7. The lowest BCUT2D eigenvalue weighted by molar-refractivity contribution is -0.137. The zero-order valence-electron chi connectivity index (χ0n) is 18.8. The van der Waals surface area contributed by atoms with Crippen LogP contribution in [0.4, 0.5) is 40.6 Å².